The lowest BCUT2D eigenvalue weighted by atomic mass is 10.2. The second-order valence-corrected chi connectivity index (χ2v) is 3.92. The number of hydrogen-bond donors (Lipinski definition) is 1. The molecule has 0 aliphatic rings. The first-order valence-electron chi connectivity index (χ1n) is 5.32. The zero-order chi connectivity index (χ0) is 11.5. The summed E-state index contributed by atoms with van der Waals surface area (Å²) in [4.78, 5) is 4.33. The minimum Gasteiger partial charge on any atom is -0.378 e. The lowest BCUT2D eigenvalue weighted by Crippen LogP contribution is -2.06. The number of benzene rings is 1. The van der Waals surface area contributed by atoms with Crippen LogP contribution in [0.3, 0.4) is 0 Å². The highest BCUT2D eigenvalue weighted by Crippen LogP contribution is 2.09. The molecule has 2 rings (SSSR count). The summed E-state index contributed by atoms with van der Waals surface area (Å²) in [6, 6.07) is 8.31. The largest absolute Gasteiger partial charge is 0.378 e. The average Bonchev–Trinajstić information content (AvgIpc) is 2.57. The van der Waals surface area contributed by atoms with Gasteiger partial charge in [-0.05, 0) is 26.0 Å². The van der Waals surface area contributed by atoms with Crippen molar-refractivity contribution in [3.8, 4) is 0 Å². The molecule has 0 aliphatic heterocycles. The van der Waals surface area contributed by atoms with Crippen LogP contribution < -0.4 is 5.32 Å². The van der Waals surface area contributed by atoms with Crippen molar-refractivity contribution in [3.63, 3.8) is 0 Å². The van der Waals surface area contributed by atoms with Gasteiger partial charge in [-0.15, -0.1) is 0 Å². The van der Waals surface area contributed by atoms with Gasteiger partial charge in [0.1, 0.15) is 11.6 Å². The van der Waals surface area contributed by atoms with E-state index in [-0.39, 0.29) is 0 Å². The van der Waals surface area contributed by atoms with E-state index in [2.05, 4.69) is 46.6 Å². The molecule has 1 aromatic heterocycles. The van der Waals surface area contributed by atoms with Crippen LogP contribution in [0, 0.1) is 13.8 Å². The molecule has 0 fully saturated rings. The molecule has 0 atom stereocenters. The van der Waals surface area contributed by atoms with E-state index in [9.17, 15) is 0 Å². The average molecular weight is 216 g/mol. The first-order chi connectivity index (χ1) is 7.65. The Morgan fingerprint density at radius 2 is 1.88 bits per heavy atom. The van der Waals surface area contributed by atoms with Crippen molar-refractivity contribution in [2.24, 2.45) is 7.05 Å². The first kappa shape index (κ1) is 10.7. The van der Waals surface area contributed by atoms with Crippen molar-refractivity contribution in [2.45, 2.75) is 20.4 Å². The molecule has 84 valence electrons. The highest BCUT2D eigenvalue weighted by Gasteiger charge is 2.02. The van der Waals surface area contributed by atoms with Crippen LogP contribution in [-0.2, 0) is 13.6 Å². The predicted octanol–water partition coefficient (Wildman–Crippen LogP) is 2.04. The molecular formula is C12H16N4. The lowest BCUT2D eigenvalue weighted by Gasteiger charge is -2.05. The molecule has 0 radical (unpaired) electrons. The summed E-state index contributed by atoms with van der Waals surface area (Å²) in [5.74, 6) is 1.75. The van der Waals surface area contributed by atoms with Gasteiger partial charge in [0.15, 0.2) is 0 Å². The normalized spacial score (nSPS) is 10.4. The van der Waals surface area contributed by atoms with Crippen molar-refractivity contribution in [1.82, 2.24) is 14.8 Å². The van der Waals surface area contributed by atoms with Gasteiger partial charge in [0, 0.05) is 12.7 Å². The maximum atomic E-state index is 4.33. The molecule has 4 heteroatoms. The second-order valence-electron chi connectivity index (χ2n) is 3.92. The van der Waals surface area contributed by atoms with Gasteiger partial charge >= 0.3 is 0 Å². The minimum absolute atomic E-state index is 0.695. The zero-order valence-corrected chi connectivity index (χ0v) is 9.86. The SMILES string of the molecule is Cc1ccc(NCc2nc(C)nn2C)cc1. The highest BCUT2D eigenvalue weighted by atomic mass is 15.3. The molecule has 0 unspecified atom stereocenters. The summed E-state index contributed by atoms with van der Waals surface area (Å²) in [5.41, 5.74) is 2.37. The number of rotatable bonds is 3. The third-order valence-corrected chi connectivity index (χ3v) is 2.46. The smallest absolute Gasteiger partial charge is 0.147 e. The summed E-state index contributed by atoms with van der Waals surface area (Å²) >= 11 is 0. The highest BCUT2D eigenvalue weighted by molar-refractivity contribution is 5.44. The summed E-state index contributed by atoms with van der Waals surface area (Å²) in [6.45, 7) is 4.67. The maximum Gasteiger partial charge on any atom is 0.147 e. The van der Waals surface area contributed by atoms with Crippen molar-refractivity contribution in [3.05, 3.63) is 41.5 Å². The van der Waals surface area contributed by atoms with Gasteiger partial charge in [0.25, 0.3) is 0 Å². The number of nitrogens with one attached hydrogen (secondary N) is 1. The minimum atomic E-state index is 0.695. The van der Waals surface area contributed by atoms with Gasteiger partial charge in [-0.1, -0.05) is 17.7 Å². The Bertz CT molecular complexity index is 470. The second kappa shape index (κ2) is 4.35. The summed E-state index contributed by atoms with van der Waals surface area (Å²) < 4.78 is 1.80. The van der Waals surface area contributed by atoms with E-state index < -0.39 is 0 Å². The number of aromatic nitrogens is 3. The molecule has 1 aromatic carbocycles. The topological polar surface area (TPSA) is 42.7 Å². The Labute approximate surface area is 95.3 Å². The summed E-state index contributed by atoms with van der Waals surface area (Å²) in [6.07, 6.45) is 0. The van der Waals surface area contributed by atoms with Crippen molar-refractivity contribution in [1.29, 1.82) is 0 Å². The van der Waals surface area contributed by atoms with Gasteiger partial charge in [0.05, 0.1) is 6.54 Å². The molecule has 1 N–H and O–H groups in total. The van der Waals surface area contributed by atoms with Crippen LogP contribution in [-0.4, -0.2) is 14.8 Å². The van der Waals surface area contributed by atoms with E-state index in [0.717, 1.165) is 17.3 Å². The third kappa shape index (κ3) is 2.39. The Balaban J connectivity index is 2.02. The molecular weight excluding hydrogens is 200 g/mol. The molecule has 0 saturated carbocycles. The number of nitrogens with zero attached hydrogens (tertiary/aromatic N) is 3. The van der Waals surface area contributed by atoms with Crippen molar-refractivity contribution >= 4 is 5.69 Å². The van der Waals surface area contributed by atoms with Crippen LogP contribution in [0.2, 0.25) is 0 Å². The Morgan fingerprint density at radius 3 is 2.44 bits per heavy atom. The van der Waals surface area contributed by atoms with E-state index in [1.807, 2.05) is 14.0 Å². The van der Waals surface area contributed by atoms with Crippen LogP contribution in [0.4, 0.5) is 5.69 Å². The van der Waals surface area contributed by atoms with Crippen LogP contribution in [0.5, 0.6) is 0 Å². The Morgan fingerprint density at radius 1 is 1.19 bits per heavy atom. The molecule has 1 heterocycles. The standard InChI is InChI=1S/C12H16N4/c1-9-4-6-11(7-5-9)13-8-12-14-10(2)15-16(12)3/h4-7,13H,8H2,1-3H3. The molecule has 0 aliphatic carbocycles. The van der Waals surface area contributed by atoms with Gasteiger partial charge in [-0.25, -0.2) is 4.98 Å². The molecule has 0 spiro atoms. The number of anilines is 1. The van der Waals surface area contributed by atoms with E-state index in [0.29, 0.717) is 6.54 Å². The van der Waals surface area contributed by atoms with Crippen molar-refractivity contribution < 1.29 is 0 Å². The van der Waals surface area contributed by atoms with E-state index in [4.69, 9.17) is 0 Å². The predicted molar refractivity (Wildman–Crippen MR) is 64.2 cm³/mol. The van der Waals surface area contributed by atoms with Crippen LogP contribution in [0.1, 0.15) is 17.2 Å². The Hall–Kier alpha value is -1.84. The Kier molecular flexibility index (Phi) is 2.90. The van der Waals surface area contributed by atoms with Crippen LogP contribution >= 0.6 is 0 Å². The fourth-order valence-corrected chi connectivity index (χ4v) is 1.56. The summed E-state index contributed by atoms with van der Waals surface area (Å²) in [7, 11) is 1.91. The van der Waals surface area contributed by atoms with E-state index >= 15 is 0 Å². The first-order valence-corrected chi connectivity index (χ1v) is 5.32. The fourth-order valence-electron chi connectivity index (χ4n) is 1.56. The van der Waals surface area contributed by atoms with Gasteiger partial charge in [-0.3, -0.25) is 4.68 Å². The molecule has 2 aromatic rings. The van der Waals surface area contributed by atoms with Crippen LogP contribution in [0.15, 0.2) is 24.3 Å². The number of aryl methyl sites for hydroxylation is 3. The molecule has 0 bridgehead atoms. The zero-order valence-electron chi connectivity index (χ0n) is 9.86. The molecule has 0 saturated heterocycles. The maximum absolute atomic E-state index is 4.33. The molecule has 16 heavy (non-hydrogen) atoms. The monoisotopic (exact) mass is 216 g/mol. The lowest BCUT2D eigenvalue weighted by molar-refractivity contribution is 0.708. The van der Waals surface area contributed by atoms with E-state index in [1.165, 1.54) is 5.56 Å². The molecule has 0 amide bonds. The summed E-state index contributed by atoms with van der Waals surface area (Å²) in [5, 5.41) is 7.52. The quantitative estimate of drug-likeness (QED) is 0.853. The van der Waals surface area contributed by atoms with Gasteiger partial charge < -0.3 is 5.32 Å². The van der Waals surface area contributed by atoms with Gasteiger partial charge in [-0.2, -0.15) is 5.10 Å². The van der Waals surface area contributed by atoms with Crippen LogP contribution in [0.25, 0.3) is 0 Å². The fraction of sp³-hybridized carbons (Fsp3) is 0.333. The van der Waals surface area contributed by atoms with Gasteiger partial charge in [0.2, 0.25) is 0 Å². The van der Waals surface area contributed by atoms with Crippen molar-refractivity contribution in [2.75, 3.05) is 5.32 Å². The molecule has 4 nitrogen and oxygen atoms in total. The third-order valence-electron chi connectivity index (χ3n) is 2.46. The van der Waals surface area contributed by atoms with E-state index in [1.54, 1.807) is 4.68 Å². The number of hydrogen-bond acceptors (Lipinski definition) is 3.